The molecule has 1 saturated heterocycles. The molecule has 1 unspecified atom stereocenters. The van der Waals surface area contributed by atoms with Gasteiger partial charge in [-0.15, -0.1) is 46.2 Å². The van der Waals surface area contributed by atoms with Gasteiger partial charge in [0.1, 0.15) is 35.5 Å². The monoisotopic (exact) mass is 903 g/mol. The van der Waals surface area contributed by atoms with Crippen LogP contribution >= 0.6 is 46.2 Å². The van der Waals surface area contributed by atoms with E-state index in [1.165, 1.54) is 64.3 Å². The van der Waals surface area contributed by atoms with Crippen LogP contribution in [0.4, 0.5) is 5.13 Å². The van der Waals surface area contributed by atoms with Crippen LogP contribution in [0.5, 0.6) is 11.5 Å². The molecule has 0 spiro atoms. The molecule has 2 atom stereocenters. The highest BCUT2D eigenvalue weighted by atomic mass is 32.2. The number of hydrogen-bond acceptors (Lipinski definition) is 14. The number of benzene rings is 4. The van der Waals surface area contributed by atoms with Crippen LogP contribution in [0.3, 0.4) is 0 Å². The molecule has 62 heavy (non-hydrogen) atoms. The first-order valence-electron chi connectivity index (χ1n) is 19.3. The molecule has 13 nitrogen and oxygen atoms in total. The summed E-state index contributed by atoms with van der Waals surface area (Å²) in [4.78, 5) is 64.6. The molecule has 4 aromatic carbocycles. The van der Waals surface area contributed by atoms with Crippen molar-refractivity contribution in [3.8, 4) is 11.5 Å². The van der Waals surface area contributed by atoms with Crippen LogP contribution in [0.25, 0.3) is 10.1 Å². The van der Waals surface area contributed by atoms with Crippen molar-refractivity contribution in [3.63, 3.8) is 0 Å². The number of thiazole rings is 1. The molecule has 9 rings (SSSR count). The molecule has 5 heterocycles. The number of carboxylic acid groups (broad SMARTS) is 1. The Morgan fingerprint density at radius 2 is 1.56 bits per heavy atom. The minimum atomic E-state index is -1.26. The largest absolute Gasteiger partial charge is 0.477 e. The van der Waals surface area contributed by atoms with Gasteiger partial charge in [0.15, 0.2) is 27.8 Å². The van der Waals surface area contributed by atoms with E-state index in [4.69, 9.17) is 19.3 Å². The van der Waals surface area contributed by atoms with E-state index in [1.54, 1.807) is 31.4 Å². The summed E-state index contributed by atoms with van der Waals surface area (Å²) in [7, 11) is 1.31. The Morgan fingerprint density at radius 1 is 0.952 bits per heavy atom. The van der Waals surface area contributed by atoms with Crippen LogP contribution in [0.1, 0.15) is 36.2 Å². The molecule has 2 amide bonds. The van der Waals surface area contributed by atoms with Crippen LogP contribution in [0.15, 0.2) is 140 Å². The van der Waals surface area contributed by atoms with Crippen LogP contribution in [-0.2, 0) is 24.8 Å². The first kappa shape index (κ1) is 41.2. The van der Waals surface area contributed by atoms with Crippen LogP contribution in [0.2, 0.25) is 0 Å². The lowest BCUT2D eigenvalue weighted by Gasteiger charge is -2.49. The number of aliphatic carboxylic acids is 1. The average molecular weight is 904 g/mol. The number of ether oxygens (including phenoxy) is 2. The number of β-lactam (4-membered cyclic amide) rings is 1. The third-order valence-electron chi connectivity index (χ3n) is 10.5. The van der Waals surface area contributed by atoms with E-state index < -0.39 is 40.5 Å². The molecule has 3 aliphatic heterocycles. The Labute approximate surface area is 371 Å². The van der Waals surface area contributed by atoms with Crippen molar-refractivity contribution in [1.29, 1.82) is 0 Å². The van der Waals surface area contributed by atoms with E-state index in [9.17, 15) is 24.3 Å². The number of aromatic nitrogens is 1. The van der Waals surface area contributed by atoms with Crippen LogP contribution in [-0.4, -0.2) is 74.3 Å². The SMILES string of the molecule is CON=C(C(=O)NC1C(=O)N2C(C(=O)O)=C(CSc3cc(=O)c4cc5c(cc4s3)OC(C)(C)O5)CS[C@@H]12)c1csc(NC(c2ccccc2)(c2ccccc2)c2ccccc2)n1. The number of carbonyl (C=O) groups excluding carboxylic acids is 2. The fourth-order valence-electron chi connectivity index (χ4n) is 7.76. The summed E-state index contributed by atoms with van der Waals surface area (Å²) in [5.74, 6) is -1.81. The highest BCUT2D eigenvalue weighted by Gasteiger charge is 2.54. The number of amides is 2. The van der Waals surface area contributed by atoms with E-state index in [0.29, 0.717) is 36.5 Å². The number of nitrogens with one attached hydrogen (secondary N) is 2. The molecule has 17 heteroatoms. The number of nitrogens with zero attached hydrogens (tertiary/aromatic N) is 3. The minimum Gasteiger partial charge on any atom is -0.477 e. The molecular formula is C45H37N5O8S4. The lowest BCUT2D eigenvalue weighted by molar-refractivity contribution is -0.150. The second-order valence-corrected chi connectivity index (χ2v) is 19.2. The molecule has 6 aromatic rings. The quantitative estimate of drug-likeness (QED) is 0.0344. The number of carbonyl (C=O) groups is 3. The zero-order valence-corrected chi connectivity index (χ0v) is 36.6. The third kappa shape index (κ3) is 7.58. The molecule has 2 aromatic heterocycles. The lowest BCUT2D eigenvalue weighted by Crippen LogP contribution is -2.71. The topological polar surface area (TPSA) is 169 Å². The number of anilines is 1. The van der Waals surface area contributed by atoms with E-state index in [0.717, 1.165) is 16.7 Å². The van der Waals surface area contributed by atoms with Crippen molar-refractivity contribution >= 4 is 84.9 Å². The second kappa shape index (κ2) is 16.6. The van der Waals surface area contributed by atoms with Gasteiger partial charge >= 0.3 is 5.97 Å². The summed E-state index contributed by atoms with van der Waals surface area (Å²) in [6, 6.07) is 34.0. The summed E-state index contributed by atoms with van der Waals surface area (Å²) >= 11 is 5.34. The van der Waals surface area contributed by atoms with E-state index in [-0.39, 0.29) is 34.0 Å². The standard InChI is InChI=1S/C45H37N5O8S4/c1-44(2)57-32-19-29-31(51)20-35(62-34(29)21-33(32)58-44)59-22-25-23-60-41-37(40(53)50(41)38(25)42(54)55)47-39(52)36(49-56-3)30-24-61-43(46-30)48-45(26-13-7-4-8-14-26,27-15-9-5-10-16-27)28-17-11-6-12-18-28/h4-21,24,37,41H,22-23H2,1-3H3,(H,46,48)(H,47,52)(H,54,55)/t37?,41-/m0/s1. The maximum Gasteiger partial charge on any atom is 0.352 e. The second-order valence-electron chi connectivity index (χ2n) is 14.9. The number of rotatable bonds is 13. The van der Waals surface area contributed by atoms with Gasteiger partial charge in [0, 0.05) is 53.0 Å². The highest BCUT2D eigenvalue weighted by molar-refractivity contribution is 8.02. The zero-order valence-electron chi connectivity index (χ0n) is 33.3. The van der Waals surface area contributed by atoms with Crippen LogP contribution in [0, 0.1) is 0 Å². The van der Waals surface area contributed by atoms with Crippen LogP contribution < -0.4 is 25.5 Å². The summed E-state index contributed by atoms with van der Waals surface area (Å²) in [6.45, 7) is 3.58. The Kier molecular flexibility index (Phi) is 11.0. The van der Waals surface area contributed by atoms with Gasteiger partial charge in [0.25, 0.3) is 11.8 Å². The first-order valence-corrected chi connectivity index (χ1v) is 23.0. The van der Waals surface area contributed by atoms with Crippen molar-refractivity contribution in [2.75, 3.05) is 23.9 Å². The molecule has 3 N–H and O–H groups in total. The van der Waals surface area contributed by atoms with Gasteiger partial charge in [-0.2, -0.15) is 0 Å². The Morgan fingerprint density at radius 3 is 2.16 bits per heavy atom. The molecule has 0 aliphatic carbocycles. The zero-order chi connectivity index (χ0) is 43.2. The summed E-state index contributed by atoms with van der Waals surface area (Å²) < 4.78 is 13.1. The van der Waals surface area contributed by atoms with Gasteiger partial charge in [-0.05, 0) is 28.3 Å². The summed E-state index contributed by atoms with van der Waals surface area (Å²) in [5, 5.41) is 22.9. The first-order chi connectivity index (χ1) is 30.0. The van der Waals surface area contributed by atoms with E-state index >= 15 is 0 Å². The molecule has 0 radical (unpaired) electrons. The predicted octanol–water partition coefficient (Wildman–Crippen LogP) is 7.51. The Balaban J connectivity index is 0.926. The van der Waals surface area contributed by atoms with Gasteiger partial charge in [-0.25, -0.2) is 9.78 Å². The van der Waals surface area contributed by atoms with Gasteiger partial charge in [0.05, 0.1) is 4.21 Å². The number of hydrogen-bond donors (Lipinski definition) is 3. The van der Waals surface area contributed by atoms with E-state index in [1.807, 2.05) is 91.0 Å². The summed E-state index contributed by atoms with van der Waals surface area (Å²) in [6.07, 6.45) is 0. The minimum absolute atomic E-state index is 0.129. The lowest BCUT2D eigenvalue weighted by atomic mass is 9.77. The van der Waals surface area contributed by atoms with Crippen molar-refractivity contribution in [2.24, 2.45) is 5.16 Å². The molecule has 0 bridgehead atoms. The van der Waals surface area contributed by atoms with Crippen molar-refractivity contribution in [2.45, 2.75) is 40.8 Å². The fraction of sp³-hybridized carbons (Fsp3) is 0.200. The molecule has 3 aliphatic rings. The molecule has 1 fully saturated rings. The maximum absolute atomic E-state index is 13.9. The number of carboxylic acids is 1. The average Bonchev–Trinajstić information content (AvgIpc) is 3.87. The Bertz CT molecular complexity index is 2750. The van der Waals surface area contributed by atoms with Gasteiger partial charge < -0.3 is 30.1 Å². The number of thioether (sulfide) groups is 2. The third-order valence-corrected chi connectivity index (χ3v) is 14.9. The normalized spacial score (nSPS) is 18.0. The number of fused-ring (bicyclic) bond motifs is 3. The predicted molar refractivity (Wildman–Crippen MR) is 242 cm³/mol. The Hall–Kier alpha value is -6.14. The molecule has 0 saturated carbocycles. The van der Waals surface area contributed by atoms with Crippen molar-refractivity contribution in [3.05, 3.63) is 158 Å². The summed E-state index contributed by atoms with van der Waals surface area (Å²) in [5.41, 5.74) is 2.30. The van der Waals surface area contributed by atoms with Crippen molar-refractivity contribution in [1.82, 2.24) is 15.2 Å². The smallest absolute Gasteiger partial charge is 0.352 e. The van der Waals surface area contributed by atoms with Crippen molar-refractivity contribution < 1.29 is 33.8 Å². The van der Waals surface area contributed by atoms with Gasteiger partial charge in [0.2, 0.25) is 5.79 Å². The molecular weight excluding hydrogens is 867 g/mol. The maximum atomic E-state index is 13.9. The van der Waals surface area contributed by atoms with Gasteiger partial charge in [-0.3, -0.25) is 19.3 Å². The highest BCUT2D eigenvalue weighted by Crippen LogP contribution is 2.45. The van der Waals surface area contributed by atoms with Gasteiger partial charge in [-0.1, -0.05) is 96.2 Å². The van der Waals surface area contributed by atoms with E-state index in [2.05, 4.69) is 15.8 Å². The number of oxime groups is 1. The fourth-order valence-corrected chi connectivity index (χ4v) is 12.2. The molecule has 314 valence electrons.